The summed E-state index contributed by atoms with van der Waals surface area (Å²) in [6.45, 7) is 2.79. The highest BCUT2D eigenvalue weighted by atomic mass is 35.5. The second-order valence-electron chi connectivity index (χ2n) is 13.3. The number of aliphatic hydroxyl groups is 1. The van der Waals surface area contributed by atoms with E-state index in [1.54, 1.807) is 0 Å². The molecular formula is C46H52ClNO3. The van der Waals surface area contributed by atoms with Crippen molar-refractivity contribution < 1.29 is 14.6 Å². The molecular weight excluding hydrogens is 650 g/mol. The first-order valence-corrected chi connectivity index (χ1v) is 19.1. The lowest BCUT2D eigenvalue weighted by molar-refractivity contribution is 0.0952. The van der Waals surface area contributed by atoms with Crippen molar-refractivity contribution in [3.63, 3.8) is 0 Å². The number of benzene rings is 5. The summed E-state index contributed by atoms with van der Waals surface area (Å²) in [6.07, 6.45) is 12.4. The van der Waals surface area contributed by atoms with E-state index in [0.717, 1.165) is 46.2 Å². The van der Waals surface area contributed by atoms with Crippen LogP contribution in [0, 0.1) is 0 Å². The van der Waals surface area contributed by atoms with Crippen LogP contribution in [0.3, 0.4) is 0 Å². The number of halogens is 1. The Kier molecular flexibility index (Phi) is 14.7. The zero-order valence-electron chi connectivity index (χ0n) is 30.0. The molecule has 5 aromatic rings. The zero-order chi connectivity index (χ0) is 35.7. The predicted octanol–water partition coefficient (Wildman–Crippen LogP) is 11.4. The maximum atomic E-state index is 14.2. The summed E-state index contributed by atoms with van der Waals surface area (Å²) in [6, 6.07) is 42.6. The van der Waals surface area contributed by atoms with Crippen molar-refractivity contribution in [2.24, 2.45) is 0 Å². The highest BCUT2D eigenvalue weighted by Crippen LogP contribution is 2.51. The lowest BCUT2D eigenvalue weighted by Crippen LogP contribution is -2.33. The summed E-state index contributed by atoms with van der Waals surface area (Å²) in [4.78, 5) is 14.2. The number of hydrogen-bond acceptors (Lipinski definition) is 3. The van der Waals surface area contributed by atoms with Crippen molar-refractivity contribution in [3.05, 3.63) is 160 Å². The van der Waals surface area contributed by atoms with Gasteiger partial charge in [-0.25, -0.2) is 0 Å². The molecule has 0 heterocycles. The molecule has 2 N–H and O–H groups in total. The Balaban J connectivity index is 1.59. The number of rotatable bonds is 20. The normalized spacial score (nSPS) is 11.4. The van der Waals surface area contributed by atoms with Gasteiger partial charge in [0.15, 0.2) is 0 Å². The summed E-state index contributed by atoms with van der Waals surface area (Å²) in [7, 11) is 0. The largest absolute Gasteiger partial charge is 0.490 e. The molecule has 5 rings (SSSR count). The minimum Gasteiger partial charge on any atom is -0.490 e. The number of carbonyl (C=O) groups is 1. The Labute approximate surface area is 309 Å². The van der Waals surface area contributed by atoms with Gasteiger partial charge in [-0.1, -0.05) is 179 Å². The van der Waals surface area contributed by atoms with Gasteiger partial charge >= 0.3 is 0 Å². The van der Waals surface area contributed by atoms with Crippen LogP contribution in [0.15, 0.2) is 127 Å². The molecule has 0 saturated carbocycles. The van der Waals surface area contributed by atoms with E-state index in [1.807, 2.05) is 91.0 Å². The summed E-state index contributed by atoms with van der Waals surface area (Å²) < 4.78 is 6.56. The molecule has 0 aliphatic heterocycles. The Hall–Kier alpha value is -4.38. The summed E-state index contributed by atoms with van der Waals surface area (Å²) in [5.41, 5.74) is 5.10. The van der Waals surface area contributed by atoms with Gasteiger partial charge in [0.1, 0.15) is 12.4 Å². The maximum Gasteiger partial charge on any atom is 0.251 e. The van der Waals surface area contributed by atoms with E-state index in [1.165, 1.54) is 51.4 Å². The van der Waals surface area contributed by atoms with Crippen molar-refractivity contribution >= 4 is 17.5 Å². The van der Waals surface area contributed by atoms with Crippen molar-refractivity contribution in [2.45, 2.75) is 76.5 Å². The maximum absolute atomic E-state index is 14.2. The topological polar surface area (TPSA) is 58.6 Å². The van der Waals surface area contributed by atoms with Gasteiger partial charge < -0.3 is 15.2 Å². The molecule has 0 aliphatic carbocycles. The molecule has 0 bridgehead atoms. The number of amides is 1. The minimum atomic E-state index is -0.880. The van der Waals surface area contributed by atoms with Gasteiger partial charge in [0.2, 0.25) is 0 Å². The van der Waals surface area contributed by atoms with Crippen LogP contribution in [0.2, 0.25) is 5.02 Å². The highest BCUT2D eigenvalue weighted by molar-refractivity contribution is 6.30. The molecule has 266 valence electrons. The molecule has 51 heavy (non-hydrogen) atoms. The van der Waals surface area contributed by atoms with Gasteiger partial charge in [0, 0.05) is 28.3 Å². The number of carbonyl (C=O) groups excluding carboxylic acids is 1. The molecule has 0 unspecified atom stereocenters. The van der Waals surface area contributed by atoms with E-state index in [2.05, 4.69) is 48.6 Å². The van der Waals surface area contributed by atoms with Crippen molar-refractivity contribution in [3.8, 4) is 16.9 Å². The molecule has 0 fully saturated rings. The van der Waals surface area contributed by atoms with Gasteiger partial charge in [-0.2, -0.15) is 0 Å². The summed E-state index contributed by atoms with van der Waals surface area (Å²) in [5, 5.41) is 13.9. The third-order valence-corrected chi connectivity index (χ3v) is 9.90. The second-order valence-corrected chi connectivity index (χ2v) is 13.7. The Morgan fingerprint density at radius 2 is 1.20 bits per heavy atom. The lowest BCUT2D eigenvalue weighted by atomic mass is 9.64. The Morgan fingerprint density at radius 1 is 0.667 bits per heavy atom. The van der Waals surface area contributed by atoms with Crippen molar-refractivity contribution in [2.75, 3.05) is 19.8 Å². The standard InChI is InChI=1S/C46H52ClNO3/c1-2-3-4-5-6-7-8-9-10-20-30-48-45(50)37-34-42(36-22-21-29-41(47)33-36)44(51-32-31-49)43(35-37)46(38-23-14-11-15-24-38,39-25-16-12-17-26-39)40-27-18-13-19-28-40/h11-19,21-29,33-35,49H,2-10,20,30-32H2,1H3,(H,48,50). The SMILES string of the molecule is CCCCCCCCCCCCNC(=O)c1cc(-c2cccc(Cl)c2)c(OCCO)c(C(c2ccccc2)(c2ccccc2)c2ccccc2)c1. The van der Waals surface area contributed by atoms with Crippen molar-refractivity contribution in [1.82, 2.24) is 5.32 Å². The zero-order valence-corrected chi connectivity index (χ0v) is 30.7. The van der Waals surface area contributed by atoms with Crippen LogP contribution >= 0.6 is 11.6 Å². The Morgan fingerprint density at radius 3 is 1.71 bits per heavy atom. The molecule has 0 spiro atoms. The number of ether oxygens (including phenoxy) is 1. The molecule has 5 heteroatoms. The number of aliphatic hydroxyl groups excluding tert-OH is 1. The number of unbranched alkanes of at least 4 members (excludes halogenated alkanes) is 9. The van der Waals surface area contributed by atoms with Gasteiger partial charge in [0.05, 0.1) is 12.0 Å². The average molecular weight is 702 g/mol. The smallest absolute Gasteiger partial charge is 0.251 e. The number of hydrogen-bond donors (Lipinski definition) is 2. The molecule has 0 radical (unpaired) electrons. The monoisotopic (exact) mass is 701 g/mol. The van der Waals surface area contributed by atoms with Crippen LogP contribution in [0.4, 0.5) is 0 Å². The fourth-order valence-corrected chi connectivity index (χ4v) is 7.35. The van der Waals surface area contributed by atoms with E-state index < -0.39 is 5.41 Å². The van der Waals surface area contributed by atoms with Gasteiger partial charge in [-0.05, 0) is 52.9 Å². The molecule has 4 nitrogen and oxygen atoms in total. The van der Waals surface area contributed by atoms with Crippen LogP contribution in [0.25, 0.3) is 11.1 Å². The third kappa shape index (κ3) is 9.70. The minimum absolute atomic E-state index is 0.0826. The molecule has 0 aromatic heterocycles. The van der Waals surface area contributed by atoms with E-state index in [4.69, 9.17) is 16.3 Å². The summed E-state index contributed by atoms with van der Waals surface area (Å²) in [5.74, 6) is 0.460. The van der Waals surface area contributed by atoms with E-state index in [-0.39, 0.29) is 19.1 Å². The van der Waals surface area contributed by atoms with E-state index in [0.29, 0.717) is 22.9 Å². The fourth-order valence-electron chi connectivity index (χ4n) is 7.16. The van der Waals surface area contributed by atoms with Gasteiger partial charge in [-0.15, -0.1) is 0 Å². The first-order chi connectivity index (χ1) is 25.1. The highest BCUT2D eigenvalue weighted by Gasteiger charge is 2.42. The Bertz CT molecular complexity index is 1680. The van der Waals surface area contributed by atoms with Crippen LogP contribution in [-0.4, -0.2) is 30.8 Å². The van der Waals surface area contributed by atoms with Crippen LogP contribution in [-0.2, 0) is 5.41 Å². The number of nitrogens with one attached hydrogen (secondary N) is 1. The predicted molar refractivity (Wildman–Crippen MR) is 212 cm³/mol. The molecule has 1 amide bonds. The first kappa shape index (κ1) is 37.9. The average Bonchev–Trinajstić information content (AvgIpc) is 3.17. The molecule has 0 saturated heterocycles. The molecule has 0 aliphatic rings. The first-order valence-electron chi connectivity index (χ1n) is 18.7. The molecule has 0 atom stereocenters. The van der Waals surface area contributed by atoms with Gasteiger partial charge in [0.25, 0.3) is 5.91 Å². The lowest BCUT2D eigenvalue weighted by Gasteiger charge is -2.38. The van der Waals surface area contributed by atoms with Crippen LogP contribution in [0.1, 0.15) is 104 Å². The van der Waals surface area contributed by atoms with E-state index >= 15 is 0 Å². The van der Waals surface area contributed by atoms with Crippen molar-refractivity contribution in [1.29, 1.82) is 0 Å². The fraction of sp³-hybridized carbons (Fsp3) is 0.326. The quantitative estimate of drug-likeness (QED) is 0.0627. The van der Waals surface area contributed by atoms with Gasteiger partial charge in [-0.3, -0.25) is 4.79 Å². The summed E-state index contributed by atoms with van der Waals surface area (Å²) >= 11 is 6.57. The third-order valence-electron chi connectivity index (χ3n) is 9.66. The van der Waals surface area contributed by atoms with Crippen LogP contribution in [0.5, 0.6) is 5.75 Å². The van der Waals surface area contributed by atoms with E-state index in [9.17, 15) is 9.90 Å². The van der Waals surface area contributed by atoms with Crippen LogP contribution < -0.4 is 10.1 Å². The second kappa shape index (κ2) is 19.9. The molecule has 5 aromatic carbocycles.